The van der Waals surface area contributed by atoms with Gasteiger partial charge in [0.1, 0.15) is 12.4 Å². The minimum Gasteiger partial charge on any atom is -0.454 e. The summed E-state index contributed by atoms with van der Waals surface area (Å²) >= 11 is 0. The van der Waals surface area contributed by atoms with Crippen LogP contribution in [-0.2, 0) is 22.7 Å². The Balaban J connectivity index is 1.36. The normalized spacial score (nSPS) is 11.1. The van der Waals surface area contributed by atoms with E-state index < -0.39 is 24.1 Å². The van der Waals surface area contributed by atoms with E-state index >= 15 is 0 Å². The third-order valence-corrected chi connectivity index (χ3v) is 4.64. The maximum atomic E-state index is 13.0. The lowest BCUT2D eigenvalue weighted by Crippen LogP contribution is -2.23. The van der Waals surface area contributed by atoms with Gasteiger partial charge in [0, 0.05) is 11.1 Å². The molecule has 0 aliphatic carbocycles. The van der Waals surface area contributed by atoms with Crippen LogP contribution in [0.1, 0.15) is 31.2 Å². The second-order valence-electron chi connectivity index (χ2n) is 7.29. The maximum Gasteiger partial charge on any atom is 0.437 e. The third kappa shape index (κ3) is 4.80. The summed E-state index contributed by atoms with van der Waals surface area (Å²) in [7, 11) is 0. The van der Waals surface area contributed by atoms with E-state index in [2.05, 4.69) is 29.1 Å². The average molecular weight is 438 g/mol. The fourth-order valence-electron chi connectivity index (χ4n) is 2.87. The largest absolute Gasteiger partial charge is 0.454 e. The van der Waals surface area contributed by atoms with Gasteiger partial charge in [-0.15, -0.1) is 5.10 Å². The van der Waals surface area contributed by atoms with Gasteiger partial charge in [0.25, 0.3) is 5.89 Å². The monoisotopic (exact) mass is 438 g/mol. The van der Waals surface area contributed by atoms with Gasteiger partial charge >= 0.3 is 11.7 Å². The standard InChI is InChI=1S/C22H19FN4O5/c1-13(2)14-3-5-15(6-4-14)20-24-18(32-26-20)12-30-19(28)11-27-22(29)31-21(25-27)16-7-9-17(23)10-8-16/h3-10,13H,11-12H2,1-2H3. The number of benzene rings is 2. The number of ether oxygens (including phenoxy) is 1. The fourth-order valence-corrected chi connectivity index (χ4v) is 2.87. The molecule has 0 atom stereocenters. The van der Waals surface area contributed by atoms with Gasteiger partial charge in [0.05, 0.1) is 0 Å². The van der Waals surface area contributed by atoms with E-state index in [1.165, 1.54) is 29.8 Å². The van der Waals surface area contributed by atoms with E-state index in [9.17, 15) is 14.0 Å². The molecule has 0 unspecified atom stereocenters. The van der Waals surface area contributed by atoms with Crippen LogP contribution in [0.15, 0.2) is 62.3 Å². The molecule has 10 heteroatoms. The lowest BCUT2D eigenvalue weighted by atomic mass is 10.0. The molecule has 2 aromatic heterocycles. The van der Waals surface area contributed by atoms with Crippen LogP contribution in [0.5, 0.6) is 0 Å². The van der Waals surface area contributed by atoms with Crippen molar-refractivity contribution >= 4 is 5.97 Å². The molecule has 2 heterocycles. The van der Waals surface area contributed by atoms with Crippen molar-refractivity contribution in [1.29, 1.82) is 0 Å². The molecule has 0 radical (unpaired) electrons. The summed E-state index contributed by atoms with van der Waals surface area (Å²) in [4.78, 5) is 28.2. The van der Waals surface area contributed by atoms with E-state index in [4.69, 9.17) is 13.7 Å². The predicted molar refractivity (Wildman–Crippen MR) is 110 cm³/mol. The zero-order chi connectivity index (χ0) is 22.7. The molecule has 0 saturated heterocycles. The van der Waals surface area contributed by atoms with Gasteiger partial charge < -0.3 is 13.7 Å². The number of rotatable bonds is 7. The van der Waals surface area contributed by atoms with Crippen molar-refractivity contribution in [2.24, 2.45) is 0 Å². The van der Waals surface area contributed by atoms with Gasteiger partial charge in [-0.05, 0) is 35.7 Å². The number of carbonyl (C=O) groups is 1. The van der Waals surface area contributed by atoms with E-state index in [-0.39, 0.29) is 18.4 Å². The van der Waals surface area contributed by atoms with Crippen molar-refractivity contribution in [2.45, 2.75) is 32.9 Å². The first-order valence-corrected chi connectivity index (χ1v) is 9.81. The zero-order valence-corrected chi connectivity index (χ0v) is 17.3. The molecule has 9 nitrogen and oxygen atoms in total. The summed E-state index contributed by atoms with van der Waals surface area (Å²) in [6, 6.07) is 13.0. The zero-order valence-electron chi connectivity index (χ0n) is 17.3. The number of esters is 1. The second kappa shape index (κ2) is 8.96. The Morgan fingerprint density at radius 2 is 1.78 bits per heavy atom. The Labute approximate surface area is 181 Å². The molecule has 164 valence electrons. The SMILES string of the molecule is CC(C)c1ccc(-c2noc(COC(=O)Cn3nc(-c4ccc(F)cc4)oc3=O)n2)cc1. The maximum absolute atomic E-state index is 13.0. The average Bonchev–Trinajstić information content (AvgIpc) is 3.40. The molecular formula is C22H19FN4O5. The quantitative estimate of drug-likeness (QED) is 0.403. The Morgan fingerprint density at radius 3 is 2.47 bits per heavy atom. The van der Waals surface area contributed by atoms with Crippen LogP contribution in [0, 0.1) is 5.82 Å². The van der Waals surface area contributed by atoms with Crippen LogP contribution in [-0.4, -0.2) is 25.9 Å². The molecule has 32 heavy (non-hydrogen) atoms. The molecule has 2 aromatic carbocycles. The van der Waals surface area contributed by atoms with Gasteiger partial charge in [-0.2, -0.15) is 9.67 Å². The van der Waals surface area contributed by atoms with Crippen molar-refractivity contribution in [3.8, 4) is 22.8 Å². The van der Waals surface area contributed by atoms with Gasteiger partial charge in [-0.25, -0.2) is 9.18 Å². The Hall–Kier alpha value is -4.08. The smallest absolute Gasteiger partial charge is 0.437 e. The number of aromatic nitrogens is 4. The van der Waals surface area contributed by atoms with Crippen molar-refractivity contribution in [3.63, 3.8) is 0 Å². The fraction of sp³-hybridized carbons (Fsp3) is 0.227. The summed E-state index contributed by atoms with van der Waals surface area (Å²) in [6.07, 6.45) is 0. The predicted octanol–water partition coefficient (Wildman–Crippen LogP) is 3.56. The summed E-state index contributed by atoms with van der Waals surface area (Å²) in [5, 5.41) is 7.82. The summed E-state index contributed by atoms with van der Waals surface area (Å²) in [6.45, 7) is 3.48. The van der Waals surface area contributed by atoms with Crippen LogP contribution in [0.3, 0.4) is 0 Å². The lowest BCUT2D eigenvalue weighted by Gasteiger charge is -2.04. The molecule has 0 aliphatic heterocycles. The number of hydrogen-bond donors (Lipinski definition) is 0. The first kappa shape index (κ1) is 21.2. The van der Waals surface area contributed by atoms with Crippen LogP contribution in [0.2, 0.25) is 0 Å². The van der Waals surface area contributed by atoms with Gasteiger partial charge in [-0.3, -0.25) is 4.79 Å². The first-order valence-electron chi connectivity index (χ1n) is 9.81. The topological polar surface area (TPSA) is 113 Å². The summed E-state index contributed by atoms with van der Waals surface area (Å²) < 4.78 is 29.1. The van der Waals surface area contributed by atoms with Crippen molar-refractivity contribution in [3.05, 3.63) is 76.4 Å². The van der Waals surface area contributed by atoms with Crippen LogP contribution in [0.25, 0.3) is 22.8 Å². The van der Waals surface area contributed by atoms with Crippen LogP contribution in [0.4, 0.5) is 4.39 Å². The summed E-state index contributed by atoms with van der Waals surface area (Å²) in [5.74, 6) is -1.15. The highest BCUT2D eigenvalue weighted by atomic mass is 19.1. The van der Waals surface area contributed by atoms with E-state index in [1.54, 1.807) is 0 Å². The Kier molecular flexibility index (Phi) is 5.93. The third-order valence-electron chi connectivity index (χ3n) is 4.64. The summed E-state index contributed by atoms with van der Waals surface area (Å²) in [5.41, 5.74) is 2.37. The van der Waals surface area contributed by atoms with Gasteiger partial charge in [0.15, 0.2) is 6.61 Å². The lowest BCUT2D eigenvalue weighted by molar-refractivity contribution is -0.146. The molecule has 0 amide bonds. The van der Waals surface area contributed by atoms with Crippen molar-refractivity contribution in [1.82, 2.24) is 19.9 Å². The molecule has 0 aliphatic rings. The van der Waals surface area contributed by atoms with E-state index in [0.29, 0.717) is 17.3 Å². The first-order chi connectivity index (χ1) is 15.4. The van der Waals surface area contributed by atoms with Gasteiger partial charge in [-0.1, -0.05) is 43.3 Å². The van der Waals surface area contributed by atoms with E-state index in [0.717, 1.165) is 10.2 Å². The molecule has 0 N–H and O–H groups in total. The van der Waals surface area contributed by atoms with Crippen molar-refractivity contribution < 1.29 is 22.9 Å². The van der Waals surface area contributed by atoms with Gasteiger partial charge in [0.2, 0.25) is 11.7 Å². The molecule has 0 saturated carbocycles. The molecule has 4 aromatic rings. The number of carbonyl (C=O) groups excluding carboxylic acids is 1. The number of nitrogens with zero attached hydrogens (tertiary/aromatic N) is 4. The highest BCUT2D eigenvalue weighted by Gasteiger charge is 2.16. The number of halogens is 1. The molecular weight excluding hydrogens is 419 g/mol. The second-order valence-corrected chi connectivity index (χ2v) is 7.29. The number of hydrogen-bond acceptors (Lipinski definition) is 8. The highest BCUT2D eigenvalue weighted by molar-refractivity contribution is 5.69. The molecule has 0 spiro atoms. The Bertz CT molecular complexity index is 1270. The Morgan fingerprint density at radius 1 is 1.09 bits per heavy atom. The highest BCUT2D eigenvalue weighted by Crippen LogP contribution is 2.21. The molecule has 0 bridgehead atoms. The van der Waals surface area contributed by atoms with Crippen LogP contribution >= 0.6 is 0 Å². The minimum atomic E-state index is -0.841. The van der Waals surface area contributed by atoms with E-state index in [1.807, 2.05) is 24.3 Å². The molecule has 4 rings (SSSR count). The molecule has 0 fully saturated rings. The van der Waals surface area contributed by atoms with Crippen molar-refractivity contribution in [2.75, 3.05) is 0 Å². The minimum absolute atomic E-state index is 0.0344. The van der Waals surface area contributed by atoms with Crippen LogP contribution < -0.4 is 5.76 Å².